The second kappa shape index (κ2) is 11.4. The van der Waals surface area contributed by atoms with E-state index in [1.165, 1.54) is 43.9 Å². The Morgan fingerprint density at radius 1 is 1.19 bits per heavy atom. The van der Waals surface area contributed by atoms with Gasteiger partial charge in [-0.15, -0.1) is 11.8 Å². The van der Waals surface area contributed by atoms with E-state index < -0.39 is 0 Å². The highest BCUT2D eigenvalue weighted by Gasteiger charge is 2.19. The largest absolute Gasteiger partial charge is 0.355 e. The number of nitrogens with one attached hydrogen (secondary N) is 1. The van der Waals surface area contributed by atoms with Gasteiger partial charge in [0, 0.05) is 24.5 Å². The summed E-state index contributed by atoms with van der Waals surface area (Å²) in [5.74, 6) is 1.53. The molecule has 1 aromatic rings. The van der Waals surface area contributed by atoms with E-state index in [1.807, 2.05) is 36.1 Å². The molecule has 0 aromatic heterocycles. The van der Waals surface area contributed by atoms with Gasteiger partial charge in [-0.3, -0.25) is 9.59 Å². The summed E-state index contributed by atoms with van der Waals surface area (Å²) in [5.41, 5.74) is 0.699. The molecule has 0 bridgehead atoms. The first kappa shape index (κ1) is 21.8. The number of hydrogen-bond acceptors (Lipinski definition) is 3. The smallest absolute Gasteiger partial charge is 0.254 e. The van der Waals surface area contributed by atoms with Crippen molar-refractivity contribution in [3.8, 4) is 0 Å². The predicted octanol–water partition coefficient (Wildman–Crippen LogP) is 4.59. The molecular weight excluding hydrogens is 356 g/mol. The molecule has 0 heterocycles. The van der Waals surface area contributed by atoms with Gasteiger partial charge in [0.25, 0.3) is 5.91 Å². The third kappa shape index (κ3) is 7.21. The van der Waals surface area contributed by atoms with E-state index in [1.54, 1.807) is 0 Å². The Bertz CT molecular complexity index is 612. The second-order valence-corrected chi connectivity index (χ2v) is 8.85. The van der Waals surface area contributed by atoms with Crippen LogP contribution in [0.15, 0.2) is 29.2 Å². The Balaban J connectivity index is 1.90. The maximum Gasteiger partial charge on any atom is 0.254 e. The highest BCUT2D eigenvalue weighted by atomic mass is 32.2. The molecule has 2 amide bonds. The number of benzene rings is 1. The van der Waals surface area contributed by atoms with Crippen LogP contribution >= 0.6 is 11.8 Å². The number of amides is 2. The summed E-state index contributed by atoms with van der Waals surface area (Å²) in [6.07, 6.45) is 6.36. The topological polar surface area (TPSA) is 49.4 Å². The van der Waals surface area contributed by atoms with Gasteiger partial charge in [0.2, 0.25) is 5.91 Å². The summed E-state index contributed by atoms with van der Waals surface area (Å²) in [5, 5.41) is 3.08. The van der Waals surface area contributed by atoms with E-state index in [9.17, 15) is 9.59 Å². The minimum atomic E-state index is 0.0527. The van der Waals surface area contributed by atoms with Crippen molar-refractivity contribution in [3.05, 3.63) is 29.8 Å². The number of rotatable bonds is 9. The average molecular weight is 391 g/mol. The van der Waals surface area contributed by atoms with Gasteiger partial charge in [-0.2, -0.15) is 0 Å². The van der Waals surface area contributed by atoms with Gasteiger partial charge in [0.15, 0.2) is 0 Å². The van der Waals surface area contributed by atoms with Crippen LogP contribution in [0.2, 0.25) is 0 Å². The van der Waals surface area contributed by atoms with Crippen LogP contribution in [0.3, 0.4) is 0 Å². The number of carbonyl (C=O) groups is 2. The monoisotopic (exact) mass is 390 g/mol. The van der Waals surface area contributed by atoms with Gasteiger partial charge < -0.3 is 10.2 Å². The highest BCUT2D eigenvalue weighted by molar-refractivity contribution is 8.00. The Labute approximate surface area is 168 Å². The zero-order valence-electron chi connectivity index (χ0n) is 17.0. The normalized spacial score (nSPS) is 15.0. The fraction of sp³-hybridized carbons (Fsp3) is 0.636. The third-order valence-electron chi connectivity index (χ3n) is 5.04. The molecule has 2 rings (SSSR count). The quantitative estimate of drug-likeness (QED) is 0.627. The van der Waals surface area contributed by atoms with E-state index in [-0.39, 0.29) is 11.8 Å². The van der Waals surface area contributed by atoms with Gasteiger partial charge in [0.05, 0.1) is 11.3 Å². The first-order valence-corrected chi connectivity index (χ1v) is 11.3. The molecule has 1 fully saturated rings. The molecule has 0 atom stereocenters. The molecule has 150 valence electrons. The molecule has 0 aliphatic heterocycles. The van der Waals surface area contributed by atoms with Crippen molar-refractivity contribution in [2.24, 2.45) is 11.8 Å². The number of hydrogen-bond donors (Lipinski definition) is 1. The van der Waals surface area contributed by atoms with Crippen LogP contribution in [-0.4, -0.2) is 42.1 Å². The lowest BCUT2D eigenvalue weighted by Crippen LogP contribution is -2.34. The Hall–Kier alpha value is -1.49. The standard InChI is InChI=1S/C22H34N2O2S/c1-4-24(15-17(2)3)22(26)19-12-8-9-13-20(19)27-16-21(25)23-14-18-10-6-5-7-11-18/h8-9,12-13,17-18H,4-7,10-11,14-16H2,1-3H3,(H,23,25). The maximum absolute atomic E-state index is 12.9. The fourth-order valence-corrected chi connectivity index (χ4v) is 4.45. The van der Waals surface area contributed by atoms with Crippen molar-refractivity contribution in [1.82, 2.24) is 10.2 Å². The van der Waals surface area contributed by atoms with Crippen molar-refractivity contribution < 1.29 is 9.59 Å². The van der Waals surface area contributed by atoms with Crippen LogP contribution in [0.1, 0.15) is 63.2 Å². The molecule has 0 spiro atoms. The SMILES string of the molecule is CCN(CC(C)C)C(=O)c1ccccc1SCC(=O)NCC1CCCCC1. The van der Waals surface area contributed by atoms with E-state index in [2.05, 4.69) is 19.2 Å². The lowest BCUT2D eigenvalue weighted by Gasteiger charge is -2.24. The second-order valence-electron chi connectivity index (χ2n) is 7.83. The zero-order valence-corrected chi connectivity index (χ0v) is 17.8. The van der Waals surface area contributed by atoms with Crippen molar-refractivity contribution in [3.63, 3.8) is 0 Å². The Morgan fingerprint density at radius 2 is 1.89 bits per heavy atom. The average Bonchev–Trinajstić information content (AvgIpc) is 2.69. The number of nitrogens with zero attached hydrogens (tertiary/aromatic N) is 1. The summed E-state index contributed by atoms with van der Waals surface area (Å²) in [6, 6.07) is 7.63. The van der Waals surface area contributed by atoms with Crippen LogP contribution in [0, 0.1) is 11.8 Å². The van der Waals surface area contributed by atoms with Crippen LogP contribution in [-0.2, 0) is 4.79 Å². The van der Waals surface area contributed by atoms with E-state index in [4.69, 9.17) is 0 Å². The minimum absolute atomic E-state index is 0.0527. The summed E-state index contributed by atoms with van der Waals surface area (Å²) in [7, 11) is 0. The molecule has 1 aromatic carbocycles. The molecule has 27 heavy (non-hydrogen) atoms. The van der Waals surface area contributed by atoms with E-state index in [0.717, 1.165) is 18.0 Å². The lowest BCUT2D eigenvalue weighted by atomic mass is 9.89. The van der Waals surface area contributed by atoms with Crippen LogP contribution < -0.4 is 5.32 Å². The minimum Gasteiger partial charge on any atom is -0.355 e. The first-order chi connectivity index (χ1) is 13.0. The highest BCUT2D eigenvalue weighted by Crippen LogP contribution is 2.25. The molecule has 0 radical (unpaired) electrons. The summed E-state index contributed by atoms with van der Waals surface area (Å²) in [4.78, 5) is 27.9. The lowest BCUT2D eigenvalue weighted by molar-refractivity contribution is -0.118. The Kier molecular flexibility index (Phi) is 9.19. The first-order valence-electron chi connectivity index (χ1n) is 10.3. The maximum atomic E-state index is 12.9. The van der Waals surface area contributed by atoms with Crippen LogP contribution in [0.25, 0.3) is 0 Å². The summed E-state index contributed by atoms with van der Waals surface area (Å²) < 4.78 is 0. The molecule has 0 saturated heterocycles. The summed E-state index contributed by atoms with van der Waals surface area (Å²) >= 11 is 1.46. The number of carbonyl (C=O) groups excluding carboxylic acids is 2. The zero-order chi connectivity index (χ0) is 19.6. The molecular formula is C22H34N2O2S. The fourth-order valence-electron chi connectivity index (χ4n) is 3.58. The molecule has 0 unspecified atom stereocenters. The van der Waals surface area contributed by atoms with E-state index in [0.29, 0.717) is 29.7 Å². The molecule has 4 nitrogen and oxygen atoms in total. The van der Waals surface area contributed by atoms with E-state index >= 15 is 0 Å². The van der Waals surface area contributed by atoms with Crippen molar-refractivity contribution >= 4 is 23.6 Å². The van der Waals surface area contributed by atoms with Crippen LogP contribution in [0.4, 0.5) is 0 Å². The molecule has 5 heteroatoms. The van der Waals surface area contributed by atoms with Crippen molar-refractivity contribution in [1.29, 1.82) is 0 Å². The number of thioether (sulfide) groups is 1. The van der Waals surface area contributed by atoms with Gasteiger partial charge in [-0.25, -0.2) is 0 Å². The molecule has 1 aliphatic carbocycles. The van der Waals surface area contributed by atoms with Gasteiger partial charge in [0.1, 0.15) is 0 Å². The van der Waals surface area contributed by atoms with Crippen molar-refractivity contribution in [2.75, 3.05) is 25.4 Å². The molecule has 1 saturated carbocycles. The predicted molar refractivity (Wildman–Crippen MR) is 113 cm³/mol. The molecule has 1 aliphatic rings. The van der Waals surface area contributed by atoms with Crippen LogP contribution in [0.5, 0.6) is 0 Å². The van der Waals surface area contributed by atoms with Gasteiger partial charge in [-0.1, -0.05) is 45.2 Å². The van der Waals surface area contributed by atoms with Crippen molar-refractivity contribution in [2.45, 2.75) is 57.8 Å². The van der Waals surface area contributed by atoms with Gasteiger partial charge >= 0.3 is 0 Å². The summed E-state index contributed by atoms with van der Waals surface area (Å²) in [6.45, 7) is 8.47. The van der Waals surface area contributed by atoms with Gasteiger partial charge in [-0.05, 0) is 43.7 Å². The third-order valence-corrected chi connectivity index (χ3v) is 6.12. The Morgan fingerprint density at radius 3 is 2.56 bits per heavy atom. The molecule has 1 N–H and O–H groups in total.